The minimum absolute atomic E-state index is 0.192. The van der Waals surface area contributed by atoms with Gasteiger partial charge in [-0.2, -0.15) is 0 Å². The standard InChI is InChI=1S/C18H27NO4/c1-7-13(16(21)10-20)15(9-14-11(2)8-12(14)3)19-17(22)23-18(4,5)6/h7,9-12,14H,8H2,1-6H3,(H,19,22)/b13-7+,15-9+. The van der Waals surface area contributed by atoms with Crippen molar-refractivity contribution in [1.29, 1.82) is 0 Å². The van der Waals surface area contributed by atoms with Crippen molar-refractivity contribution in [2.24, 2.45) is 17.8 Å². The second-order valence-electron chi connectivity index (χ2n) is 7.16. The quantitative estimate of drug-likeness (QED) is 0.364. The van der Waals surface area contributed by atoms with E-state index in [2.05, 4.69) is 19.2 Å². The number of ether oxygens (including phenoxy) is 1. The molecule has 0 radical (unpaired) electrons. The fourth-order valence-corrected chi connectivity index (χ4v) is 2.89. The summed E-state index contributed by atoms with van der Waals surface area (Å²) in [5.74, 6) is 0.554. The van der Waals surface area contributed by atoms with Crippen LogP contribution in [0, 0.1) is 17.8 Å². The maximum atomic E-state index is 12.1. The van der Waals surface area contributed by atoms with Crippen molar-refractivity contribution in [2.45, 2.75) is 53.6 Å². The Balaban J connectivity index is 3.06. The van der Waals surface area contributed by atoms with Gasteiger partial charge in [-0.1, -0.05) is 26.0 Å². The molecule has 2 unspecified atom stereocenters. The van der Waals surface area contributed by atoms with E-state index in [1.807, 2.05) is 6.08 Å². The van der Waals surface area contributed by atoms with Gasteiger partial charge in [0.15, 0.2) is 6.29 Å². The minimum atomic E-state index is -0.658. The van der Waals surface area contributed by atoms with Gasteiger partial charge in [-0.15, -0.1) is 0 Å². The highest BCUT2D eigenvalue weighted by Crippen LogP contribution is 2.41. The van der Waals surface area contributed by atoms with E-state index in [-0.39, 0.29) is 17.8 Å². The molecule has 1 fully saturated rings. The zero-order valence-electron chi connectivity index (χ0n) is 14.8. The van der Waals surface area contributed by atoms with Crippen LogP contribution >= 0.6 is 0 Å². The molecule has 128 valence electrons. The number of hydrogen-bond donors (Lipinski definition) is 1. The normalized spacial score (nSPS) is 25.4. The van der Waals surface area contributed by atoms with Crippen molar-refractivity contribution >= 4 is 18.2 Å². The largest absolute Gasteiger partial charge is 0.444 e. The van der Waals surface area contributed by atoms with E-state index >= 15 is 0 Å². The Labute approximate surface area is 138 Å². The van der Waals surface area contributed by atoms with Gasteiger partial charge in [-0.05, 0) is 51.9 Å². The Morgan fingerprint density at radius 1 is 1.17 bits per heavy atom. The third-order valence-electron chi connectivity index (χ3n) is 4.00. The first-order valence-corrected chi connectivity index (χ1v) is 7.97. The van der Waals surface area contributed by atoms with Crippen LogP contribution in [0.15, 0.2) is 23.4 Å². The zero-order chi connectivity index (χ0) is 17.8. The van der Waals surface area contributed by atoms with Crippen LogP contribution in [0.5, 0.6) is 0 Å². The monoisotopic (exact) mass is 321 g/mol. The number of hydrogen-bond acceptors (Lipinski definition) is 4. The molecule has 0 aromatic rings. The molecule has 0 saturated heterocycles. The van der Waals surface area contributed by atoms with Gasteiger partial charge >= 0.3 is 6.09 Å². The van der Waals surface area contributed by atoms with Crippen LogP contribution in [-0.2, 0) is 14.3 Å². The molecule has 1 N–H and O–H groups in total. The molecule has 1 amide bonds. The lowest BCUT2D eigenvalue weighted by atomic mass is 9.66. The number of alkyl carbamates (subject to hydrolysis) is 1. The average molecular weight is 321 g/mol. The Kier molecular flexibility index (Phi) is 6.30. The number of aldehydes is 1. The first-order chi connectivity index (χ1) is 10.6. The van der Waals surface area contributed by atoms with Crippen molar-refractivity contribution in [1.82, 2.24) is 5.32 Å². The van der Waals surface area contributed by atoms with Crippen LogP contribution < -0.4 is 5.32 Å². The maximum Gasteiger partial charge on any atom is 0.412 e. The lowest BCUT2D eigenvalue weighted by Gasteiger charge is -2.39. The Hall–Kier alpha value is -1.91. The molecule has 1 aliphatic rings. The molecular weight excluding hydrogens is 294 g/mol. The smallest absolute Gasteiger partial charge is 0.412 e. The van der Waals surface area contributed by atoms with Gasteiger partial charge < -0.3 is 4.74 Å². The SMILES string of the molecule is C/C=C(C(=O)C=O)\C(=C/C1C(C)CC1C)NC(=O)OC(C)(C)C. The summed E-state index contributed by atoms with van der Waals surface area (Å²) in [5, 5.41) is 2.63. The van der Waals surface area contributed by atoms with E-state index in [1.54, 1.807) is 27.7 Å². The van der Waals surface area contributed by atoms with E-state index in [0.29, 0.717) is 17.5 Å². The van der Waals surface area contributed by atoms with E-state index in [4.69, 9.17) is 4.74 Å². The highest BCUT2D eigenvalue weighted by molar-refractivity contribution is 6.34. The lowest BCUT2D eigenvalue weighted by molar-refractivity contribution is -0.127. The van der Waals surface area contributed by atoms with Gasteiger partial charge in [0.1, 0.15) is 5.60 Å². The number of nitrogens with one attached hydrogen (secondary N) is 1. The van der Waals surface area contributed by atoms with Crippen molar-refractivity contribution in [3.63, 3.8) is 0 Å². The maximum absolute atomic E-state index is 12.1. The van der Waals surface area contributed by atoms with Gasteiger partial charge in [-0.25, -0.2) is 4.79 Å². The Bertz CT molecular complexity index is 532. The summed E-state index contributed by atoms with van der Waals surface area (Å²) >= 11 is 0. The van der Waals surface area contributed by atoms with E-state index in [1.165, 1.54) is 6.08 Å². The number of allylic oxidation sites excluding steroid dienone is 3. The highest BCUT2D eigenvalue weighted by Gasteiger charge is 2.34. The molecule has 1 saturated carbocycles. The third-order valence-corrected chi connectivity index (χ3v) is 4.00. The molecule has 0 spiro atoms. The third kappa shape index (κ3) is 5.34. The van der Waals surface area contributed by atoms with Crippen LogP contribution in [0.25, 0.3) is 0 Å². The van der Waals surface area contributed by atoms with Crippen molar-refractivity contribution in [2.75, 3.05) is 0 Å². The predicted molar refractivity (Wildman–Crippen MR) is 88.7 cm³/mol. The summed E-state index contributed by atoms with van der Waals surface area (Å²) in [6.45, 7) is 11.2. The van der Waals surface area contributed by atoms with Crippen molar-refractivity contribution < 1.29 is 19.1 Å². The number of amides is 1. The van der Waals surface area contributed by atoms with E-state index < -0.39 is 17.5 Å². The average Bonchev–Trinajstić information content (AvgIpc) is 2.42. The minimum Gasteiger partial charge on any atom is -0.444 e. The summed E-state index contributed by atoms with van der Waals surface area (Å²) in [6, 6.07) is 0. The fourth-order valence-electron chi connectivity index (χ4n) is 2.89. The molecule has 2 atom stereocenters. The van der Waals surface area contributed by atoms with E-state index in [0.717, 1.165) is 6.42 Å². The van der Waals surface area contributed by atoms with Crippen LogP contribution in [0.3, 0.4) is 0 Å². The number of carbonyl (C=O) groups is 3. The number of carbonyl (C=O) groups excluding carboxylic acids is 3. The summed E-state index contributed by atoms with van der Waals surface area (Å²) in [6.07, 6.45) is 4.13. The molecular formula is C18H27NO4. The molecule has 1 aliphatic carbocycles. The van der Waals surface area contributed by atoms with Gasteiger partial charge in [0.05, 0.1) is 5.70 Å². The molecule has 5 heteroatoms. The second-order valence-corrected chi connectivity index (χ2v) is 7.16. The lowest BCUT2D eigenvalue weighted by Crippen LogP contribution is -2.36. The van der Waals surface area contributed by atoms with E-state index in [9.17, 15) is 14.4 Å². The number of rotatable bonds is 5. The first-order valence-electron chi connectivity index (χ1n) is 7.97. The predicted octanol–water partition coefficient (Wildman–Crippen LogP) is 3.40. The molecule has 0 aromatic carbocycles. The van der Waals surface area contributed by atoms with Crippen LogP contribution in [0.4, 0.5) is 4.79 Å². The molecule has 0 bridgehead atoms. The van der Waals surface area contributed by atoms with Crippen LogP contribution in [-0.4, -0.2) is 23.8 Å². The first kappa shape index (κ1) is 19.1. The summed E-state index contributed by atoms with van der Waals surface area (Å²) in [5.41, 5.74) is -0.101. The van der Waals surface area contributed by atoms with Gasteiger partial charge in [0.2, 0.25) is 5.78 Å². The van der Waals surface area contributed by atoms with Crippen LogP contribution in [0.1, 0.15) is 48.0 Å². The van der Waals surface area contributed by atoms with Crippen molar-refractivity contribution in [3.8, 4) is 0 Å². The Morgan fingerprint density at radius 3 is 2.13 bits per heavy atom. The zero-order valence-corrected chi connectivity index (χ0v) is 14.8. The molecule has 5 nitrogen and oxygen atoms in total. The second kappa shape index (κ2) is 7.57. The molecule has 23 heavy (non-hydrogen) atoms. The topological polar surface area (TPSA) is 72.5 Å². The van der Waals surface area contributed by atoms with Crippen molar-refractivity contribution in [3.05, 3.63) is 23.4 Å². The molecule has 0 heterocycles. The molecule has 1 rings (SSSR count). The van der Waals surface area contributed by atoms with Crippen LogP contribution in [0.2, 0.25) is 0 Å². The van der Waals surface area contributed by atoms with Gasteiger partial charge in [-0.3, -0.25) is 14.9 Å². The number of Topliss-reactive ketones (excluding diaryl/α,β-unsaturated/α-hetero) is 1. The van der Waals surface area contributed by atoms with Gasteiger partial charge in [0, 0.05) is 5.57 Å². The fraction of sp³-hybridized carbons (Fsp3) is 0.611. The highest BCUT2D eigenvalue weighted by atomic mass is 16.6. The summed E-state index contributed by atoms with van der Waals surface area (Å²) < 4.78 is 5.25. The molecule has 0 aromatic heterocycles. The van der Waals surface area contributed by atoms with Gasteiger partial charge in [0.25, 0.3) is 0 Å². The number of ketones is 1. The Morgan fingerprint density at radius 2 is 1.74 bits per heavy atom. The summed E-state index contributed by atoms with van der Waals surface area (Å²) in [4.78, 5) is 34.7. The summed E-state index contributed by atoms with van der Waals surface area (Å²) in [7, 11) is 0. The molecule has 0 aliphatic heterocycles.